The summed E-state index contributed by atoms with van der Waals surface area (Å²) >= 11 is 3.53. The van der Waals surface area contributed by atoms with Gasteiger partial charge >= 0.3 is 0 Å². The summed E-state index contributed by atoms with van der Waals surface area (Å²) in [7, 11) is 2.20. The third kappa shape index (κ3) is 5.64. The second kappa shape index (κ2) is 8.03. The molecule has 3 heteroatoms. The highest BCUT2D eigenvalue weighted by atomic mass is 79.9. The fourth-order valence-electron chi connectivity index (χ4n) is 2.79. The van der Waals surface area contributed by atoms with Crippen LogP contribution in [0.4, 0.5) is 0 Å². The molecule has 0 radical (unpaired) electrons. The predicted molar refractivity (Wildman–Crippen MR) is 85.4 cm³/mol. The Morgan fingerprint density at radius 3 is 2.79 bits per heavy atom. The molecule has 0 atom stereocenters. The van der Waals surface area contributed by atoms with E-state index in [9.17, 15) is 0 Å². The topological polar surface area (TPSA) is 15.3 Å². The predicted octanol–water partition coefficient (Wildman–Crippen LogP) is 3.80. The molecule has 0 heterocycles. The molecule has 0 unspecified atom stereocenters. The van der Waals surface area contributed by atoms with Gasteiger partial charge in [0, 0.05) is 30.1 Å². The second-order valence-electron chi connectivity index (χ2n) is 5.66. The molecule has 2 nitrogen and oxygen atoms in total. The second-order valence-corrected chi connectivity index (χ2v) is 6.57. The highest BCUT2D eigenvalue weighted by Gasteiger charge is 2.12. The molecule has 106 valence electrons. The van der Waals surface area contributed by atoms with Gasteiger partial charge in [-0.15, -0.1) is 0 Å². The zero-order valence-electron chi connectivity index (χ0n) is 11.9. The van der Waals surface area contributed by atoms with Crippen LogP contribution >= 0.6 is 15.9 Å². The van der Waals surface area contributed by atoms with E-state index in [0.29, 0.717) is 0 Å². The maximum atomic E-state index is 3.70. The van der Waals surface area contributed by atoms with Gasteiger partial charge in [-0.05, 0) is 37.6 Å². The van der Waals surface area contributed by atoms with Gasteiger partial charge in [0.1, 0.15) is 0 Å². The van der Waals surface area contributed by atoms with E-state index in [4.69, 9.17) is 0 Å². The maximum absolute atomic E-state index is 3.70. The van der Waals surface area contributed by atoms with Crippen LogP contribution in [0.15, 0.2) is 28.7 Å². The number of hydrogen-bond donors (Lipinski definition) is 1. The van der Waals surface area contributed by atoms with Gasteiger partial charge in [-0.3, -0.25) is 0 Å². The Hall–Kier alpha value is -0.380. The molecule has 0 amide bonds. The third-order valence-electron chi connectivity index (χ3n) is 3.87. The Morgan fingerprint density at radius 1 is 1.26 bits per heavy atom. The fourth-order valence-corrected chi connectivity index (χ4v) is 3.24. The lowest BCUT2D eigenvalue weighted by molar-refractivity contribution is 0.300. The average molecular weight is 325 g/mol. The normalized spacial score (nSPS) is 17.0. The van der Waals surface area contributed by atoms with Crippen molar-refractivity contribution in [3.63, 3.8) is 0 Å². The summed E-state index contributed by atoms with van der Waals surface area (Å²) in [5.74, 6) is 0. The van der Waals surface area contributed by atoms with E-state index in [2.05, 4.69) is 57.5 Å². The maximum Gasteiger partial charge on any atom is 0.0231 e. The molecule has 1 saturated carbocycles. The van der Waals surface area contributed by atoms with E-state index in [1.807, 2.05) is 0 Å². The molecule has 1 aromatic rings. The first-order valence-electron chi connectivity index (χ1n) is 7.40. The van der Waals surface area contributed by atoms with Gasteiger partial charge in [-0.1, -0.05) is 47.3 Å². The molecular weight excluding hydrogens is 300 g/mol. The Kier molecular flexibility index (Phi) is 6.35. The minimum absolute atomic E-state index is 0.771. The average Bonchev–Trinajstić information content (AvgIpc) is 2.40. The van der Waals surface area contributed by atoms with Crippen LogP contribution in [-0.4, -0.2) is 31.1 Å². The first-order chi connectivity index (χ1) is 9.24. The SMILES string of the molecule is CN(CCNC1CCCCC1)Cc1cccc(Br)c1. The van der Waals surface area contributed by atoms with Crippen LogP contribution in [0.3, 0.4) is 0 Å². The van der Waals surface area contributed by atoms with E-state index in [1.165, 1.54) is 42.1 Å². The molecule has 0 bridgehead atoms. The molecular formula is C16H25BrN2. The van der Waals surface area contributed by atoms with Crippen molar-refractivity contribution in [2.75, 3.05) is 20.1 Å². The Bertz CT molecular complexity index is 375. The first kappa shape index (κ1) is 15.0. The summed E-state index contributed by atoms with van der Waals surface area (Å²) in [5, 5.41) is 3.70. The Morgan fingerprint density at radius 2 is 2.05 bits per heavy atom. The van der Waals surface area contributed by atoms with Crippen LogP contribution in [0.1, 0.15) is 37.7 Å². The molecule has 1 aromatic carbocycles. The smallest absolute Gasteiger partial charge is 0.0231 e. The lowest BCUT2D eigenvalue weighted by atomic mass is 9.95. The van der Waals surface area contributed by atoms with Crippen molar-refractivity contribution in [2.24, 2.45) is 0 Å². The number of nitrogens with one attached hydrogen (secondary N) is 1. The largest absolute Gasteiger partial charge is 0.313 e. The number of nitrogens with zero attached hydrogens (tertiary/aromatic N) is 1. The molecule has 0 saturated heterocycles. The molecule has 1 aliphatic carbocycles. The third-order valence-corrected chi connectivity index (χ3v) is 4.37. The number of halogens is 1. The standard InChI is InChI=1S/C16H25BrN2/c1-19(13-14-6-5-7-15(17)12-14)11-10-18-16-8-3-2-4-9-16/h5-7,12,16,18H,2-4,8-11,13H2,1H3. The van der Waals surface area contributed by atoms with Crippen LogP contribution in [-0.2, 0) is 6.54 Å². The summed E-state index contributed by atoms with van der Waals surface area (Å²) in [6.45, 7) is 3.24. The van der Waals surface area contributed by atoms with Crippen LogP contribution in [0.25, 0.3) is 0 Å². The summed E-state index contributed by atoms with van der Waals surface area (Å²) in [5.41, 5.74) is 1.37. The summed E-state index contributed by atoms with van der Waals surface area (Å²) < 4.78 is 1.17. The zero-order chi connectivity index (χ0) is 13.5. The highest BCUT2D eigenvalue weighted by Crippen LogP contribution is 2.17. The van der Waals surface area contributed by atoms with Gasteiger partial charge in [0.2, 0.25) is 0 Å². The van der Waals surface area contributed by atoms with E-state index in [1.54, 1.807) is 0 Å². The lowest BCUT2D eigenvalue weighted by Crippen LogP contribution is -2.36. The Balaban J connectivity index is 1.65. The molecule has 0 spiro atoms. The van der Waals surface area contributed by atoms with Crippen LogP contribution in [0.5, 0.6) is 0 Å². The number of benzene rings is 1. The van der Waals surface area contributed by atoms with Gasteiger partial charge < -0.3 is 10.2 Å². The van der Waals surface area contributed by atoms with Crippen molar-refractivity contribution < 1.29 is 0 Å². The Labute approximate surface area is 125 Å². The van der Waals surface area contributed by atoms with Gasteiger partial charge in [0.25, 0.3) is 0 Å². The molecule has 2 rings (SSSR count). The number of likely N-dealkylation sites (N-methyl/N-ethyl adjacent to an activating group) is 1. The molecule has 19 heavy (non-hydrogen) atoms. The minimum Gasteiger partial charge on any atom is -0.313 e. The summed E-state index contributed by atoms with van der Waals surface area (Å²) in [6.07, 6.45) is 6.99. The highest BCUT2D eigenvalue weighted by molar-refractivity contribution is 9.10. The van der Waals surface area contributed by atoms with Crippen molar-refractivity contribution in [3.05, 3.63) is 34.3 Å². The van der Waals surface area contributed by atoms with Crippen LogP contribution in [0.2, 0.25) is 0 Å². The van der Waals surface area contributed by atoms with Crippen molar-refractivity contribution in [3.8, 4) is 0 Å². The molecule has 0 aliphatic heterocycles. The fraction of sp³-hybridized carbons (Fsp3) is 0.625. The summed E-state index contributed by atoms with van der Waals surface area (Å²) in [6, 6.07) is 9.34. The van der Waals surface area contributed by atoms with Gasteiger partial charge in [0.15, 0.2) is 0 Å². The quantitative estimate of drug-likeness (QED) is 0.856. The number of hydrogen-bond acceptors (Lipinski definition) is 2. The molecule has 1 aliphatic rings. The van der Waals surface area contributed by atoms with Crippen molar-refractivity contribution >= 4 is 15.9 Å². The minimum atomic E-state index is 0.771. The van der Waals surface area contributed by atoms with Crippen molar-refractivity contribution in [2.45, 2.75) is 44.7 Å². The summed E-state index contributed by atoms with van der Waals surface area (Å²) in [4.78, 5) is 2.39. The van der Waals surface area contributed by atoms with Crippen molar-refractivity contribution in [1.82, 2.24) is 10.2 Å². The molecule has 0 aromatic heterocycles. The number of rotatable bonds is 6. The van der Waals surface area contributed by atoms with E-state index >= 15 is 0 Å². The van der Waals surface area contributed by atoms with E-state index in [0.717, 1.165) is 25.7 Å². The molecule has 1 N–H and O–H groups in total. The van der Waals surface area contributed by atoms with Gasteiger partial charge in [-0.25, -0.2) is 0 Å². The zero-order valence-corrected chi connectivity index (χ0v) is 13.5. The van der Waals surface area contributed by atoms with Crippen LogP contribution in [0, 0.1) is 0 Å². The lowest BCUT2D eigenvalue weighted by Gasteiger charge is -2.24. The van der Waals surface area contributed by atoms with Gasteiger partial charge in [0.05, 0.1) is 0 Å². The monoisotopic (exact) mass is 324 g/mol. The first-order valence-corrected chi connectivity index (χ1v) is 8.20. The van der Waals surface area contributed by atoms with Gasteiger partial charge in [-0.2, -0.15) is 0 Å². The van der Waals surface area contributed by atoms with E-state index < -0.39 is 0 Å². The van der Waals surface area contributed by atoms with Crippen LogP contribution < -0.4 is 5.32 Å². The molecule has 1 fully saturated rings. The van der Waals surface area contributed by atoms with E-state index in [-0.39, 0.29) is 0 Å². The van der Waals surface area contributed by atoms with Crippen molar-refractivity contribution in [1.29, 1.82) is 0 Å².